The van der Waals surface area contributed by atoms with E-state index in [9.17, 15) is 13.6 Å². The number of nitrogens with one attached hydrogen (secondary N) is 3. The molecule has 1 amide bonds. The number of H-pyrrole nitrogens is 1. The Kier molecular flexibility index (Phi) is 4.46. The third-order valence-corrected chi connectivity index (χ3v) is 3.24. The molecule has 0 unspecified atom stereocenters. The molecule has 1 aromatic heterocycles. The van der Waals surface area contributed by atoms with Crippen molar-refractivity contribution in [2.75, 3.05) is 5.32 Å². The summed E-state index contributed by atoms with van der Waals surface area (Å²) < 4.78 is 25.8. The van der Waals surface area contributed by atoms with Crippen molar-refractivity contribution in [3.63, 3.8) is 0 Å². The van der Waals surface area contributed by atoms with Crippen LogP contribution in [0.2, 0.25) is 0 Å². The molecule has 0 spiro atoms. The number of aromatic nitrogens is 3. The molecular formula is C16H13F2N5O. The molecule has 3 aromatic rings. The summed E-state index contributed by atoms with van der Waals surface area (Å²) in [5.41, 5.74) is 1.39. The summed E-state index contributed by atoms with van der Waals surface area (Å²) in [6.45, 7) is 0.224. The summed E-state index contributed by atoms with van der Waals surface area (Å²) in [6.07, 6.45) is 0. The summed E-state index contributed by atoms with van der Waals surface area (Å²) in [6, 6.07) is 11.4. The molecule has 6 nitrogen and oxygen atoms in total. The van der Waals surface area contributed by atoms with Crippen LogP contribution in [0.15, 0.2) is 48.5 Å². The van der Waals surface area contributed by atoms with Gasteiger partial charge in [-0.25, -0.2) is 8.78 Å². The second kappa shape index (κ2) is 6.86. The van der Waals surface area contributed by atoms with Crippen molar-refractivity contribution < 1.29 is 13.6 Å². The van der Waals surface area contributed by atoms with Crippen molar-refractivity contribution in [1.29, 1.82) is 0 Å². The van der Waals surface area contributed by atoms with E-state index in [0.717, 1.165) is 5.56 Å². The second-order valence-corrected chi connectivity index (χ2v) is 4.96. The van der Waals surface area contributed by atoms with Crippen LogP contribution in [0.3, 0.4) is 0 Å². The molecule has 0 atom stereocenters. The molecule has 0 saturated heterocycles. The number of amides is 1. The lowest BCUT2D eigenvalue weighted by Crippen LogP contribution is -2.24. The number of aromatic amines is 1. The van der Waals surface area contributed by atoms with Crippen LogP contribution in [-0.4, -0.2) is 21.3 Å². The first-order valence-electron chi connectivity index (χ1n) is 7.08. The summed E-state index contributed by atoms with van der Waals surface area (Å²) in [4.78, 5) is 12.2. The Labute approximate surface area is 135 Å². The zero-order valence-electron chi connectivity index (χ0n) is 12.4. The van der Waals surface area contributed by atoms with Gasteiger partial charge in [0.2, 0.25) is 0 Å². The number of hydrogen-bond acceptors (Lipinski definition) is 4. The van der Waals surface area contributed by atoms with E-state index in [-0.39, 0.29) is 29.7 Å². The van der Waals surface area contributed by atoms with Gasteiger partial charge >= 0.3 is 0 Å². The average Bonchev–Trinajstić information content (AvgIpc) is 3.04. The predicted octanol–water partition coefficient (Wildman–Crippen LogP) is 2.76. The molecular weight excluding hydrogens is 316 g/mol. The fraction of sp³-hybridized carbons (Fsp3) is 0.0625. The molecule has 3 N–H and O–H groups in total. The van der Waals surface area contributed by atoms with Gasteiger partial charge in [-0.05, 0) is 42.0 Å². The SMILES string of the molecule is O=C(NCc1ccc(F)cc1)c1n[nH]nc1Nc1ccc(F)cc1. The van der Waals surface area contributed by atoms with E-state index in [0.29, 0.717) is 5.69 Å². The first-order chi connectivity index (χ1) is 11.6. The second-order valence-electron chi connectivity index (χ2n) is 4.96. The van der Waals surface area contributed by atoms with Crippen LogP contribution in [0.5, 0.6) is 0 Å². The van der Waals surface area contributed by atoms with E-state index in [1.807, 2.05) is 0 Å². The molecule has 0 fully saturated rings. The molecule has 8 heteroatoms. The zero-order chi connectivity index (χ0) is 16.9. The van der Waals surface area contributed by atoms with Crippen molar-refractivity contribution in [2.24, 2.45) is 0 Å². The Morgan fingerprint density at radius 3 is 2.25 bits per heavy atom. The number of carbonyl (C=O) groups is 1. The summed E-state index contributed by atoms with van der Waals surface area (Å²) in [5, 5.41) is 15.6. The van der Waals surface area contributed by atoms with Gasteiger partial charge in [0.15, 0.2) is 11.5 Å². The molecule has 0 radical (unpaired) electrons. The van der Waals surface area contributed by atoms with E-state index in [4.69, 9.17) is 0 Å². The van der Waals surface area contributed by atoms with Gasteiger partial charge in [-0.1, -0.05) is 12.1 Å². The Bertz CT molecular complexity index is 830. The van der Waals surface area contributed by atoms with Crippen molar-refractivity contribution in [3.05, 3.63) is 71.4 Å². The highest BCUT2D eigenvalue weighted by molar-refractivity contribution is 5.97. The van der Waals surface area contributed by atoms with E-state index < -0.39 is 5.91 Å². The first-order valence-corrected chi connectivity index (χ1v) is 7.08. The lowest BCUT2D eigenvalue weighted by molar-refractivity contribution is 0.0946. The zero-order valence-corrected chi connectivity index (χ0v) is 12.4. The van der Waals surface area contributed by atoms with Gasteiger partial charge in [-0.15, -0.1) is 10.2 Å². The maximum absolute atomic E-state index is 12.9. The van der Waals surface area contributed by atoms with Crippen LogP contribution in [0.1, 0.15) is 16.1 Å². The van der Waals surface area contributed by atoms with E-state index in [1.54, 1.807) is 12.1 Å². The number of benzene rings is 2. The molecule has 2 aromatic carbocycles. The molecule has 0 bridgehead atoms. The van der Waals surface area contributed by atoms with Gasteiger partial charge < -0.3 is 10.6 Å². The molecule has 3 rings (SSSR count). The van der Waals surface area contributed by atoms with Gasteiger partial charge in [0.1, 0.15) is 11.6 Å². The lowest BCUT2D eigenvalue weighted by atomic mass is 10.2. The maximum Gasteiger partial charge on any atom is 0.275 e. The molecule has 0 aliphatic heterocycles. The quantitative estimate of drug-likeness (QED) is 0.672. The number of hydrogen-bond donors (Lipinski definition) is 3. The Morgan fingerprint density at radius 1 is 0.958 bits per heavy atom. The number of rotatable bonds is 5. The fourth-order valence-electron chi connectivity index (χ4n) is 2.01. The molecule has 0 saturated carbocycles. The van der Waals surface area contributed by atoms with Crippen LogP contribution < -0.4 is 10.6 Å². The minimum atomic E-state index is -0.447. The van der Waals surface area contributed by atoms with E-state index in [2.05, 4.69) is 26.0 Å². The average molecular weight is 329 g/mol. The van der Waals surface area contributed by atoms with Crippen LogP contribution in [0.4, 0.5) is 20.3 Å². The minimum Gasteiger partial charge on any atom is -0.346 e. The molecule has 24 heavy (non-hydrogen) atoms. The van der Waals surface area contributed by atoms with Crippen LogP contribution >= 0.6 is 0 Å². The third kappa shape index (κ3) is 3.72. The highest BCUT2D eigenvalue weighted by Gasteiger charge is 2.16. The largest absolute Gasteiger partial charge is 0.346 e. The number of anilines is 2. The maximum atomic E-state index is 12.9. The molecule has 122 valence electrons. The number of nitrogens with zero attached hydrogens (tertiary/aromatic N) is 2. The number of halogens is 2. The van der Waals surface area contributed by atoms with Crippen molar-refractivity contribution in [1.82, 2.24) is 20.7 Å². The third-order valence-electron chi connectivity index (χ3n) is 3.24. The Morgan fingerprint density at radius 2 is 1.58 bits per heavy atom. The predicted molar refractivity (Wildman–Crippen MR) is 83.6 cm³/mol. The van der Waals surface area contributed by atoms with E-state index >= 15 is 0 Å². The summed E-state index contributed by atoms with van der Waals surface area (Å²) >= 11 is 0. The van der Waals surface area contributed by atoms with Gasteiger partial charge in [0.05, 0.1) is 0 Å². The van der Waals surface area contributed by atoms with Gasteiger partial charge in [-0.3, -0.25) is 4.79 Å². The highest BCUT2D eigenvalue weighted by atomic mass is 19.1. The topological polar surface area (TPSA) is 82.7 Å². The highest BCUT2D eigenvalue weighted by Crippen LogP contribution is 2.17. The van der Waals surface area contributed by atoms with Crippen LogP contribution in [0, 0.1) is 11.6 Å². The molecule has 1 heterocycles. The summed E-state index contributed by atoms with van der Waals surface area (Å²) in [5.74, 6) is -0.929. The van der Waals surface area contributed by atoms with Gasteiger partial charge in [-0.2, -0.15) is 5.21 Å². The number of carbonyl (C=O) groups excluding carboxylic acids is 1. The molecule has 0 aliphatic carbocycles. The standard InChI is InChI=1S/C16H13F2N5O/c17-11-3-1-10(2-4-11)9-19-16(24)14-15(22-23-21-14)20-13-7-5-12(18)6-8-13/h1-8H,9H2,(H,19,24)(H2,20,21,22,23). The van der Waals surface area contributed by atoms with Gasteiger partial charge in [0, 0.05) is 12.2 Å². The van der Waals surface area contributed by atoms with Crippen molar-refractivity contribution >= 4 is 17.4 Å². The smallest absolute Gasteiger partial charge is 0.275 e. The molecule has 0 aliphatic rings. The van der Waals surface area contributed by atoms with Crippen molar-refractivity contribution in [2.45, 2.75) is 6.54 Å². The fourth-order valence-corrected chi connectivity index (χ4v) is 2.01. The van der Waals surface area contributed by atoms with Crippen LogP contribution in [0.25, 0.3) is 0 Å². The lowest BCUT2D eigenvalue weighted by Gasteiger charge is -2.06. The Hall–Kier alpha value is -3.29. The first kappa shape index (κ1) is 15.6. The van der Waals surface area contributed by atoms with Crippen molar-refractivity contribution in [3.8, 4) is 0 Å². The van der Waals surface area contributed by atoms with Crippen LogP contribution in [-0.2, 0) is 6.54 Å². The Balaban J connectivity index is 1.66. The normalized spacial score (nSPS) is 10.4. The minimum absolute atomic E-state index is 0.0708. The monoisotopic (exact) mass is 329 g/mol. The van der Waals surface area contributed by atoms with Gasteiger partial charge in [0.25, 0.3) is 5.91 Å². The van der Waals surface area contributed by atoms with E-state index in [1.165, 1.54) is 36.4 Å². The summed E-state index contributed by atoms with van der Waals surface area (Å²) in [7, 11) is 0.